The minimum Gasteiger partial charge on any atom is -0.387 e. The molecule has 2 aromatic rings. The molecule has 20 heavy (non-hydrogen) atoms. The van der Waals surface area contributed by atoms with E-state index in [2.05, 4.69) is 10.4 Å². The predicted octanol–water partition coefficient (Wildman–Crippen LogP) is 0.741. The average Bonchev–Trinajstić information content (AvgIpc) is 2.42. The molecule has 1 heterocycles. The standard InChI is InChI=1S/C14H16N4O2/c1-9-5-10(14(15)20)3-4-11(9)8-18-13(19)6-12(16-2)7-17-18/h3-7,16H,8H2,1-2H3,(H2,15,20). The molecule has 0 aliphatic heterocycles. The lowest BCUT2D eigenvalue weighted by atomic mass is 10.0. The molecule has 1 amide bonds. The van der Waals surface area contributed by atoms with Crippen molar-refractivity contribution in [2.45, 2.75) is 13.5 Å². The van der Waals surface area contributed by atoms with Crippen molar-refractivity contribution < 1.29 is 4.79 Å². The molecule has 0 saturated heterocycles. The lowest BCUT2D eigenvalue weighted by molar-refractivity contribution is 0.1000. The second kappa shape index (κ2) is 5.56. The summed E-state index contributed by atoms with van der Waals surface area (Å²) in [6.45, 7) is 2.22. The molecule has 104 valence electrons. The smallest absolute Gasteiger partial charge is 0.269 e. The van der Waals surface area contributed by atoms with Gasteiger partial charge in [-0.15, -0.1) is 0 Å². The Bertz CT molecular complexity index is 707. The van der Waals surface area contributed by atoms with Crippen LogP contribution in [0.25, 0.3) is 0 Å². The highest BCUT2D eigenvalue weighted by Crippen LogP contribution is 2.11. The fourth-order valence-electron chi connectivity index (χ4n) is 1.88. The summed E-state index contributed by atoms with van der Waals surface area (Å²) >= 11 is 0. The van der Waals surface area contributed by atoms with Crippen LogP contribution in [-0.2, 0) is 6.54 Å². The Balaban J connectivity index is 2.31. The summed E-state index contributed by atoms with van der Waals surface area (Å²) in [7, 11) is 1.73. The number of carbonyl (C=O) groups is 1. The van der Waals surface area contributed by atoms with Crippen molar-refractivity contribution in [3.63, 3.8) is 0 Å². The Labute approximate surface area is 116 Å². The molecule has 0 unspecified atom stereocenters. The molecule has 0 radical (unpaired) electrons. The first kappa shape index (κ1) is 13.8. The van der Waals surface area contributed by atoms with Gasteiger partial charge in [0, 0.05) is 18.7 Å². The number of nitrogens with zero attached hydrogens (tertiary/aromatic N) is 2. The van der Waals surface area contributed by atoms with E-state index >= 15 is 0 Å². The third-order valence-corrected chi connectivity index (χ3v) is 3.11. The number of nitrogens with two attached hydrogens (primary N) is 1. The summed E-state index contributed by atoms with van der Waals surface area (Å²) in [6, 6.07) is 6.64. The van der Waals surface area contributed by atoms with Crippen LogP contribution in [0.2, 0.25) is 0 Å². The van der Waals surface area contributed by atoms with Crippen LogP contribution in [0.1, 0.15) is 21.5 Å². The van der Waals surface area contributed by atoms with E-state index in [9.17, 15) is 9.59 Å². The summed E-state index contributed by atoms with van der Waals surface area (Å²) in [4.78, 5) is 23.0. The van der Waals surface area contributed by atoms with Gasteiger partial charge in [-0.1, -0.05) is 6.07 Å². The number of rotatable bonds is 4. The highest BCUT2D eigenvalue weighted by atomic mass is 16.1. The lowest BCUT2D eigenvalue weighted by Gasteiger charge is -2.09. The third kappa shape index (κ3) is 2.85. The maximum atomic E-state index is 11.9. The van der Waals surface area contributed by atoms with Gasteiger partial charge in [0.15, 0.2) is 0 Å². The van der Waals surface area contributed by atoms with E-state index in [-0.39, 0.29) is 5.56 Å². The molecule has 2 rings (SSSR count). The van der Waals surface area contributed by atoms with Crippen LogP contribution in [0.3, 0.4) is 0 Å². The monoisotopic (exact) mass is 272 g/mol. The van der Waals surface area contributed by atoms with Crippen LogP contribution in [0, 0.1) is 6.92 Å². The molecule has 0 atom stereocenters. The molecule has 0 spiro atoms. The maximum absolute atomic E-state index is 11.9. The zero-order valence-corrected chi connectivity index (χ0v) is 11.4. The van der Waals surface area contributed by atoms with Gasteiger partial charge in [0.2, 0.25) is 5.91 Å². The fraction of sp³-hybridized carbons (Fsp3) is 0.214. The van der Waals surface area contributed by atoms with Crippen molar-refractivity contribution in [1.82, 2.24) is 9.78 Å². The molecular formula is C14H16N4O2. The van der Waals surface area contributed by atoms with Crippen molar-refractivity contribution in [3.8, 4) is 0 Å². The summed E-state index contributed by atoms with van der Waals surface area (Å²) in [6.07, 6.45) is 1.59. The fourth-order valence-corrected chi connectivity index (χ4v) is 1.88. The Hall–Kier alpha value is -2.63. The Morgan fingerprint density at radius 3 is 2.70 bits per heavy atom. The molecule has 0 fully saturated rings. The van der Waals surface area contributed by atoms with Gasteiger partial charge in [0.25, 0.3) is 5.56 Å². The molecule has 1 aromatic carbocycles. The number of nitrogens with one attached hydrogen (secondary N) is 1. The predicted molar refractivity (Wildman–Crippen MR) is 76.8 cm³/mol. The van der Waals surface area contributed by atoms with Gasteiger partial charge in [0.1, 0.15) is 0 Å². The van der Waals surface area contributed by atoms with E-state index in [4.69, 9.17) is 5.73 Å². The molecule has 6 heteroatoms. The first-order chi connectivity index (χ1) is 9.51. The van der Waals surface area contributed by atoms with E-state index in [1.165, 1.54) is 10.7 Å². The highest BCUT2D eigenvalue weighted by Gasteiger charge is 2.06. The highest BCUT2D eigenvalue weighted by molar-refractivity contribution is 5.93. The molecule has 0 saturated carbocycles. The number of aromatic nitrogens is 2. The molecule has 6 nitrogen and oxygen atoms in total. The SMILES string of the molecule is CNc1cnn(Cc2ccc(C(N)=O)cc2C)c(=O)c1. The van der Waals surface area contributed by atoms with Crippen molar-refractivity contribution in [1.29, 1.82) is 0 Å². The molecule has 0 aliphatic carbocycles. The van der Waals surface area contributed by atoms with Gasteiger partial charge in [-0.2, -0.15) is 5.10 Å². The lowest BCUT2D eigenvalue weighted by Crippen LogP contribution is -2.23. The van der Waals surface area contributed by atoms with Gasteiger partial charge >= 0.3 is 0 Å². The summed E-state index contributed by atoms with van der Waals surface area (Å²) in [5.74, 6) is -0.465. The first-order valence-electron chi connectivity index (χ1n) is 6.15. The van der Waals surface area contributed by atoms with Crippen LogP contribution in [0.15, 0.2) is 35.3 Å². The normalized spacial score (nSPS) is 10.3. The number of benzene rings is 1. The third-order valence-electron chi connectivity index (χ3n) is 3.11. The maximum Gasteiger partial charge on any atom is 0.269 e. The number of aryl methyl sites for hydroxylation is 1. The number of primary amides is 1. The summed E-state index contributed by atoms with van der Waals surface area (Å²) < 4.78 is 1.37. The van der Waals surface area contributed by atoms with E-state index in [1.54, 1.807) is 31.4 Å². The number of anilines is 1. The molecule has 0 bridgehead atoms. The van der Waals surface area contributed by atoms with Gasteiger partial charge < -0.3 is 11.1 Å². The number of hydrogen-bond acceptors (Lipinski definition) is 4. The Kier molecular flexibility index (Phi) is 3.84. The van der Waals surface area contributed by atoms with Crippen LogP contribution >= 0.6 is 0 Å². The first-order valence-corrected chi connectivity index (χ1v) is 6.15. The van der Waals surface area contributed by atoms with Crippen LogP contribution in [0.5, 0.6) is 0 Å². The van der Waals surface area contributed by atoms with Crippen LogP contribution in [0.4, 0.5) is 5.69 Å². The average molecular weight is 272 g/mol. The van der Waals surface area contributed by atoms with Gasteiger partial charge in [-0.25, -0.2) is 4.68 Å². The van der Waals surface area contributed by atoms with Crippen LogP contribution in [-0.4, -0.2) is 22.7 Å². The Morgan fingerprint density at radius 1 is 1.40 bits per heavy atom. The van der Waals surface area contributed by atoms with Gasteiger partial charge in [0.05, 0.1) is 18.4 Å². The van der Waals surface area contributed by atoms with Gasteiger partial charge in [-0.05, 0) is 30.2 Å². The largest absolute Gasteiger partial charge is 0.387 e. The van der Waals surface area contributed by atoms with E-state index < -0.39 is 5.91 Å². The molecular weight excluding hydrogens is 256 g/mol. The van der Waals surface area contributed by atoms with E-state index in [0.29, 0.717) is 17.8 Å². The molecule has 1 aromatic heterocycles. The topological polar surface area (TPSA) is 90.0 Å². The second-order valence-corrected chi connectivity index (χ2v) is 4.50. The zero-order chi connectivity index (χ0) is 14.7. The molecule has 0 aliphatic rings. The molecule has 3 N–H and O–H groups in total. The number of hydrogen-bond donors (Lipinski definition) is 2. The minimum absolute atomic E-state index is 0.185. The minimum atomic E-state index is -0.465. The van der Waals surface area contributed by atoms with Crippen molar-refractivity contribution in [2.24, 2.45) is 5.73 Å². The van der Waals surface area contributed by atoms with Crippen molar-refractivity contribution in [3.05, 3.63) is 57.5 Å². The number of amides is 1. The van der Waals surface area contributed by atoms with Gasteiger partial charge in [-0.3, -0.25) is 9.59 Å². The number of carbonyl (C=O) groups excluding carboxylic acids is 1. The zero-order valence-electron chi connectivity index (χ0n) is 11.4. The van der Waals surface area contributed by atoms with E-state index in [0.717, 1.165) is 11.1 Å². The summed E-state index contributed by atoms with van der Waals surface area (Å²) in [5.41, 5.74) is 7.99. The Morgan fingerprint density at radius 2 is 2.15 bits per heavy atom. The summed E-state index contributed by atoms with van der Waals surface area (Å²) in [5, 5.41) is 6.96. The van der Waals surface area contributed by atoms with Crippen molar-refractivity contribution >= 4 is 11.6 Å². The van der Waals surface area contributed by atoms with Crippen LogP contribution < -0.4 is 16.6 Å². The second-order valence-electron chi connectivity index (χ2n) is 4.50. The van der Waals surface area contributed by atoms with E-state index in [1.807, 2.05) is 6.92 Å². The quantitative estimate of drug-likeness (QED) is 0.859. The van der Waals surface area contributed by atoms with Crippen molar-refractivity contribution in [2.75, 3.05) is 12.4 Å².